The Hall–Kier alpha value is -1.59. The maximum Gasteiger partial charge on any atom is 0.161 e. The predicted octanol–water partition coefficient (Wildman–Crippen LogP) is 2.45. The summed E-state index contributed by atoms with van der Waals surface area (Å²) in [6, 6.07) is 7.61. The number of para-hydroxylation sites is 2. The van der Waals surface area contributed by atoms with Crippen molar-refractivity contribution in [3.8, 4) is 11.5 Å². The average molecular weight is 264 g/mol. The smallest absolute Gasteiger partial charge is 0.161 e. The van der Waals surface area contributed by atoms with E-state index in [2.05, 4.69) is 10.3 Å². The topological polar surface area (TPSA) is 43.4 Å². The lowest BCUT2D eigenvalue weighted by Crippen LogP contribution is -2.02. The molecule has 0 radical (unpaired) electrons. The average Bonchev–Trinajstić information content (AvgIpc) is 2.85. The van der Waals surface area contributed by atoms with Crippen LogP contribution in [-0.2, 0) is 13.2 Å². The van der Waals surface area contributed by atoms with Crippen molar-refractivity contribution in [1.82, 2.24) is 10.3 Å². The van der Waals surface area contributed by atoms with E-state index in [0.717, 1.165) is 23.1 Å². The van der Waals surface area contributed by atoms with E-state index < -0.39 is 0 Å². The lowest BCUT2D eigenvalue weighted by atomic mass is 10.3. The summed E-state index contributed by atoms with van der Waals surface area (Å²) in [5, 5.41) is 4.06. The number of methoxy groups -OCH3 is 1. The van der Waals surface area contributed by atoms with E-state index in [1.165, 1.54) is 4.88 Å². The zero-order valence-electron chi connectivity index (χ0n) is 10.5. The van der Waals surface area contributed by atoms with Crippen LogP contribution < -0.4 is 14.8 Å². The molecule has 1 aromatic carbocycles. The highest BCUT2D eigenvalue weighted by Gasteiger charge is 2.05. The van der Waals surface area contributed by atoms with Crippen molar-refractivity contribution in [3.63, 3.8) is 0 Å². The molecule has 96 valence electrons. The van der Waals surface area contributed by atoms with Crippen LogP contribution in [0.4, 0.5) is 0 Å². The fraction of sp³-hybridized carbons (Fsp3) is 0.308. The second-order valence-corrected chi connectivity index (χ2v) is 4.89. The van der Waals surface area contributed by atoms with E-state index in [9.17, 15) is 0 Å². The summed E-state index contributed by atoms with van der Waals surface area (Å²) >= 11 is 1.65. The molecule has 1 aromatic heterocycles. The SMILES string of the molecule is CNCc1cnc(COc2ccccc2OC)s1. The van der Waals surface area contributed by atoms with Crippen LogP contribution in [0.1, 0.15) is 9.88 Å². The number of nitrogens with one attached hydrogen (secondary N) is 1. The second kappa shape index (κ2) is 6.37. The van der Waals surface area contributed by atoms with Crippen LogP contribution in [0, 0.1) is 0 Å². The Morgan fingerprint density at radius 3 is 2.78 bits per heavy atom. The molecule has 2 rings (SSSR count). The molecule has 4 nitrogen and oxygen atoms in total. The minimum Gasteiger partial charge on any atom is -0.493 e. The number of aromatic nitrogens is 1. The molecule has 0 fully saturated rings. The Kier molecular flexibility index (Phi) is 4.55. The van der Waals surface area contributed by atoms with Crippen LogP contribution in [0.15, 0.2) is 30.5 Å². The maximum atomic E-state index is 5.71. The third kappa shape index (κ3) is 3.21. The van der Waals surface area contributed by atoms with Crippen LogP contribution >= 0.6 is 11.3 Å². The summed E-state index contributed by atoms with van der Waals surface area (Å²) in [5.74, 6) is 1.48. The molecule has 0 bridgehead atoms. The number of hydrogen-bond acceptors (Lipinski definition) is 5. The van der Waals surface area contributed by atoms with Gasteiger partial charge in [-0.25, -0.2) is 4.98 Å². The predicted molar refractivity (Wildman–Crippen MR) is 72.2 cm³/mol. The largest absolute Gasteiger partial charge is 0.493 e. The minimum atomic E-state index is 0.467. The second-order valence-electron chi connectivity index (χ2n) is 3.69. The molecule has 0 saturated carbocycles. The standard InChI is InChI=1S/C13H16N2O2S/c1-14-7-10-8-15-13(18-10)9-17-12-6-4-3-5-11(12)16-2/h3-6,8,14H,7,9H2,1-2H3. The number of hydrogen-bond donors (Lipinski definition) is 1. The fourth-order valence-corrected chi connectivity index (χ4v) is 2.40. The molecule has 0 unspecified atom stereocenters. The highest BCUT2D eigenvalue weighted by Crippen LogP contribution is 2.27. The molecule has 1 heterocycles. The third-order valence-electron chi connectivity index (χ3n) is 2.37. The van der Waals surface area contributed by atoms with Gasteiger partial charge in [0.1, 0.15) is 11.6 Å². The van der Waals surface area contributed by atoms with Crippen LogP contribution in [0.5, 0.6) is 11.5 Å². The van der Waals surface area contributed by atoms with E-state index >= 15 is 0 Å². The molecule has 5 heteroatoms. The first-order chi connectivity index (χ1) is 8.83. The highest BCUT2D eigenvalue weighted by atomic mass is 32.1. The van der Waals surface area contributed by atoms with Gasteiger partial charge in [0.05, 0.1) is 7.11 Å². The lowest BCUT2D eigenvalue weighted by molar-refractivity contribution is 0.284. The number of thiazole rings is 1. The number of benzene rings is 1. The van der Waals surface area contributed by atoms with Crippen molar-refractivity contribution in [2.75, 3.05) is 14.2 Å². The monoisotopic (exact) mass is 264 g/mol. The number of nitrogens with zero attached hydrogens (tertiary/aromatic N) is 1. The van der Waals surface area contributed by atoms with Gasteiger partial charge in [-0.05, 0) is 19.2 Å². The first-order valence-corrected chi connectivity index (χ1v) is 6.49. The van der Waals surface area contributed by atoms with Gasteiger partial charge in [-0.1, -0.05) is 12.1 Å². The van der Waals surface area contributed by atoms with E-state index in [-0.39, 0.29) is 0 Å². The Morgan fingerprint density at radius 1 is 1.28 bits per heavy atom. The first-order valence-electron chi connectivity index (χ1n) is 5.67. The zero-order valence-corrected chi connectivity index (χ0v) is 11.3. The Balaban J connectivity index is 1.97. The zero-order chi connectivity index (χ0) is 12.8. The number of rotatable bonds is 6. The summed E-state index contributed by atoms with van der Waals surface area (Å²) in [6.45, 7) is 1.31. The fourth-order valence-electron chi connectivity index (χ4n) is 1.55. The van der Waals surface area contributed by atoms with Crippen molar-refractivity contribution in [1.29, 1.82) is 0 Å². The maximum absolute atomic E-state index is 5.71. The van der Waals surface area contributed by atoms with Gasteiger partial charge in [0.15, 0.2) is 11.5 Å². The molecule has 2 aromatic rings. The lowest BCUT2D eigenvalue weighted by Gasteiger charge is -2.08. The van der Waals surface area contributed by atoms with Gasteiger partial charge in [-0.2, -0.15) is 0 Å². The summed E-state index contributed by atoms with van der Waals surface area (Å²) < 4.78 is 10.9. The molecular formula is C13H16N2O2S. The minimum absolute atomic E-state index is 0.467. The van der Waals surface area contributed by atoms with Gasteiger partial charge >= 0.3 is 0 Å². The van der Waals surface area contributed by atoms with Gasteiger partial charge in [-0.15, -0.1) is 11.3 Å². The summed E-state index contributed by atoms with van der Waals surface area (Å²) in [7, 11) is 3.56. The van der Waals surface area contributed by atoms with Crippen molar-refractivity contribution in [2.45, 2.75) is 13.2 Å². The van der Waals surface area contributed by atoms with E-state index in [1.807, 2.05) is 37.5 Å². The van der Waals surface area contributed by atoms with Gasteiger partial charge < -0.3 is 14.8 Å². The van der Waals surface area contributed by atoms with Gasteiger partial charge in [0.2, 0.25) is 0 Å². The van der Waals surface area contributed by atoms with Gasteiger partial charge in [-0.3, -0.25) is 0 Å². The Morgan fingerprint density at radius 2 is 2.06 bits per heavy atom. The van der Waals surface area contributed by atoms with E-state index in [1.54, 1.807) is 18.4 Å². The van der Waals surface area contributed by atoms with Crippen LogP contribution in [0.3, 0.4) is 0 Å². The molecule has 0 atom stereocenters. The van der Waals surface area contributed by atoms with Crippen molar-refractivity contribution in [3.05, 3.63) is 40.3 Å². The molecule has 0 aliphatic heterocycles. The Labute approximate surface area is 111 Å². The quantitative estimate of drug-likeness (QED) is 0.870. The van der Waals surface area contributed by atoms with Crippen LogP contribution in [-0.4, -0.2) is 19.1 Å². The molecular weight excluding hydrogens is 248 g/mol. The first kappa shape index (κ1) is 12.9. The molecule has 1 N–H and O–H groups in total. The third-order valence-corrected chi connectivity index (χ3v) is 3.34. The molecule has 0 aliphatic rings. The van der Waals surface area contributed by atoms with Crippen molar-refractivity contribution < 1.29 is 9.47 Å². The molecule has 0 saturated heterocycles. The van der Waals surface area contributed by atoms with Crippen LogP contribution in [0.2, 0.25) is 0 Å². The Bertz CT molecular complexity index is 499. The van der Waals surface area contributed by atoms with Gasteiger partial charge in [0, 0.05) is 17.6 Å². The molecule has 0 aliphatic carbocycles. The van der Waals surface area contributed by atoms with Crippen LogP contribution in [0.25, 0.3) is 0 Å². The van der Waals surface area contributed by atoms with Gasteiger partial charge in [0.25, 0.3) is 0 Å². The highest BCUT2D eigenvalue weighted by molar-refractivity contribution is 7.11. The molecule has 0 amide bonds. The normalized spacial score (nSPS) is 10.3. The molecule has 18 heavy (non-hydrogen) atoms. The van der Waals surface area contributed by atoms with E-state index in [0.29, 0.717) is 6.61 Å². The summed E-state index contributed by atoms with van der Waals surface area (Å²) in [5.41, 5.74) is 0. The van der Waals surface area contributed by atoms with E-state index in [4.69, 9.17) is 9.47 Å². The number of ether oxygens (including phenoxy) is 2. The summed E-state index contributed by atoms with van der Waals surface area (Å²) in [4.78, 5) is 5.52. The van der Waals surface area contributed by atoms with Crippen molar-refractivity contribution >= 4 is 11.3 Å². The molecule has 0 spiro atoms. The summed E-state index contributed by atoms with van der Waals surface area (Å²) in [6.07, 6.45) is 1.88. The van der Waals surface area contributed by atoms with Crippen molar-refractivity contribution in [2.24, 2.45) is 0 Å².